The van der Waals surface area contributed by atoms with Gasteiger partial charge in [0, 0.05) is 28.8 Å². The third kappa shape index (κ3) is 4.94. The smallest absolute Gasteiger partial charge is 0.251 e. The molecule has 6 heteroatoms. The van der Waals surface area contributed by atoms with Crippen molar-refractivity contribution in [3.8, 4) is 0 Å². The number of aromatic nitrogens is 1. The highest BCUT2D eigenvalue weighted by atomic mass is 16.3. The number of aromatic amines is 1. The van der Waals surface area contributed by atoms with Gasteiger partial charge in [-0.1, -0.05) is 55.7 Å². The molecule has 2 amide bonds. The van der Waals surface area contributed by atoms with Crippen LogP contribution in [0.4, 0.5) is 5.69 Å². The molecule has 2 aromatic heterocycles. The molecular formula is C30H33N3O3. The number of furan rings is 1. The Morgan fingerprint density at radius 3 is 2.50 bits per heavy atom. The Balaban J connectivity index is 1.55. The number of hydrogen-bond donors (Lipinski definition) is 2. The monoisotopic (exact) mass is 483 g/mol. The highest BCUT2D eigenvalue weighted by Gasteiger charge is 2.37. The number of fused-ring (bicyclic) bond motifs is 1. The van der Waals surface area contributed by atoms with Gasteiger partial charge in [0.2, 0.25) is 5.91 Å². The molecule has 1 atom stereocenters. The molecule has 1 saturated carbocycles. The fourth-order valence-corrected chi connectivity index (χ4v) is 5.28. The molecule has 1 aliphatic carbocycles. The van der Waals surface area contributed by atoms with Gasteiger partial charge in [-0.25, -0.2) is 0 Å². The van der Waals surface area contributed by atoms with Crippen LogP contribution in [0.3, 0.4) is 0 Å². The van der Waals surface area contributed by atoms with Gasteiger partial charge in [-0.2, -0.15) is 0 Å². The summed E-state index contributed by atoms with van der Waals surface area (Å²) in [5.74, 6) is 0.810. The molecule has 1 aliphatic rings. The van der Waals surface area contributed by atoms with Gasteiger partial charge in [-0.05, 0) is 62.1 Å². The van der Waals surface area contributed by atoms with Crippen molar-refractivity contribution in [2.75, 3.05) is 4.90 Å². The summed E-state index contributed by atoms with van der Waals surface area (Å²) in [5.41, 5.74) is 3.51. The number of rotatable bonds is 7. The molecule has 4 aromatic rings. The summed E-state index contributed by atoms with van der Waals surface area (Å²) in [5, 5.41) is 4.25. The zero-order chi connectivity index (χ0) is 25.1. The number of amides is 2. The molecule has 2 aromatic carbocycles. The maximum Gasteiger partial charge on any atom is 0.251 e. The van der Waals surface area contributed by atoms with E-state index in [0.29, 0.717) is 17.2 Å². The molecular weight excluding hydrogens is 450 g/mol. The van der Waals surface area contributed by atoms with Crippen molar-refractivity contribution in [3.63, 3.8) is 0 Å². The number of H-pyrrole nitrogens is 1. The number of anilines is 1. The highest BCUT2D eigenvalue weighted by molar-refractivity contribution is 6.03. The van der Waals surface area contributed by atoms with Crippen LogP contribution in [0.1, 0.15) is 60.8 Å². The summed E-state index contributed by atoms with van der Waals surface area (Å²) in [6.07, 6.45) is 7.38. The molecule has 0 radical (unpaired) electrons. The van der Waals surface area contributed by atoms with Crippen molar-refractivity contribution in [3.05, 3.63) is 89.5 Å². The molecule has 0 bridgehead atoms. The maximum atomic E-state index is 14.1. The average molecular weight is 484 g/mol. The number of carbonyl (C=O) groups is 2. The van der Waals surface area contributed by atoms with E-state index in [-0.39, 0.29) is 24.3 Å². The quantitative estimate of drug-likeness (QED) is 0.331. The number of benzene rings is 2. The number of hydrogen-bond acceptors (Lipinski definition) is 3. The van der Waals surface area contributed by atoms with E-state index in [1.165, 1.54) is 6.42 Å². The summed E-state index contributed by atoms with van der Waals surface area (Å²) in [4.78, 5) is 32.9. The van der Waals surface area contributed by atoms with Gasteiger partial charge in [-0.15, -0.1) is 0 Å². The standard InChI is InChI=1S/C30H33N3O3/c1-20-10-6-9-15-26(20)33(28(34)18-22-19-31-25-14-8-7-13-24(22)25)29(27-17-16-21(2)36-27)30(35)32-23-11-4-3-5-12-23/h6-10,13-17,19,23,29,31H,3-5,11-12,18H2,1-2H3,(H,32,35)/t29-/m0/s1. The molecule has 5 rings (SSSR count). The van der Waals surface area contributed by atoms with Gasteiger partial charge < -0.3 is 14.7 Å². The molecule has 0 aliphatic heterocycles. The minimum absolute atomic E-state index is 0.118. The average Bonchev–Trinajstić information content (AvgIpc) is 3.49. The number of para-hydroxylation sites is 2. The fraction of sp³-hybridized carbons (Fsp3) is 0.333. The molecule has 36 heavy (non-hydrogen) atoms. The van der Waals surface area contributed by atoms with Crippen LogP contribution in [0.25, 0.3) is 10.9 Å². The molecule has 186 valence electrons. The number of aryl methyl sites for hydroxylation is 2. The third-order valence-electron chi connectivity index (χ3n) is 7.15. The first-order valence-corrected chi connectivity index (χ1v) is 12.8. The first-order valence-electron chi connectivity index (χ1n) is 12.8. The van der Waals surface area contributed by atoms with Crippen LogP contribution in [0.15, 0.2) is 71.3 Å². The summed E-state index contributed by atoms with van der Waals surface area (Å²) in [6.45, 7) is 3.82. The summed E-state index contributed by atoms with van der Waals surface area (Å²) in [7, 11) is 0. The van der Waals surface area contributed by atoms with Crippen LogP contribution in [0.5, 0.6) is 0 Å². The lowest BCUT2D eigenvalue weighted by Gasteiger charge is -2.33. The Morgan fingerprint density at radius 1 is 1.00 bits per heavy atom. The highest BCUT2D eigenvalue weighted by Crippen LogP contribution is 2.33. The molecule has 2 N–H and O–H groups in total. The summed E-state index contributed by atoms with van der Waals surface area (Å²) < 4.78 is 5.99. The van der Waals surface area contributed by atoms with E-state index in [1.807, 2.05) is 80.7 Å². The van der Waals surface area contributed by atoms with Crippen molar-refractivity contribution in [1.82, 2.24) is 10.3 Å². The lowest BCUT2D eigenvalue weighted by atomic mass is 9.95. The van der Waals surface area contributed by atoms with Gasteiger partial charge in [-0.3, -0.25) is 14.5 Å². The summed E-state index contributed by atoms with van der Waals surface area (Å²) in [6, 6.07) is 18.5. The van der Waals surface area contributed by atoms with Gasteiger partial charge in [0.1, 0.15) is 11.5 Å². The van der Waals surface area contributed by atoms with Gasteiger partial charge in [0.05, 0.1) is 6.42 Å². The minimum Gasteiger partial charge on any atom is -0.464 e. The van der Waals surface area contributed by atoms with Crippen molar-refractivity contribution in [1.29, 1.82) is 0 Å². The second-order valence-electron chi connectivity index (χ2n) is 9.78. The second-order valence-corrected chi connectivity index (χ2v) is 9.78. The SMILES string of the molecule is Cc1ccc([C@@H](C(=O)NC2CCCCC2)N(C(=O)Cc2c[nH]c3ccccc23)c2ccccc2C)o1. The van der Waals surface area contributed by atoms with Crippen LogP contribution in [-0.4, -0.2) is 22.8 Å². The molecule has 0 spiro atoms. The Hall–Kier alpha value is -3.80. The van der Waals surface area contributed by atoms with E-state index in [4.69, 9.17) is 4.42 Å². The second kappa shape index (κ2) is 10.4. The van der Waals surface area contributed by atoms with Gasteiger partial charge in [0.15, 0.2) is 6.04 Å². The molecule has 2 heterocycles. The van der Waals surface area contributed by atoms with E-state index in [9.17, 15) is 9.59 Å². The molecule has 1 fully saturated rings. The first-order chi connectivity index (χ1) is 17.5. The van der Waals surface area contributed by atoms with E-state index < -0.39 is 6.04 Å². The lowest BCUT2D eigenvalue weighted by molar-refractivity contribution is -0.127. The van der Waals surface area contributed by atoms with E-state index in [2.05, 4.69) is 10.3 Å². The van der Waals surface area contributed by atoms with Crippen LogP contribution in [0.2, 0.25) is 0 Å². The van der Waals surface area contributed by atoms with Crippen LogP contribution in [-0.2, 0) is 16.0 Å². The Labute approximate surface area is 211 Å². The van der Waals surface area contributed by atoms with Crippen LogP contribution < -0.4 is 10.2 Å². The zero-order valence-corrected chi connectivity index (χ0v) is 20.9. The largest absolute Gasteiger partial charge is 0.464 e. The van der Waals surface area contributed by atoms with E-state index >= 15 is 0 Å². The lowest BCUT2D eigenvalue weighted by Crippen LogP contribution is -2.47. The van der Waals surface area contributed by atoms with Crippen molar-refractivity contribution in [2.45, 2.75) is 64.5 Å². The van der Waals surface area contributed by atoms with Gasteiger partial charge in [0.25, 0.3) is 5.91 Å². The Bertz CT molecular complexity index is 1360. The van der Waals surface area contributed by atoms with Crippen molar-refractivity contribution < 1.29 is 14.0 Å². The predicted octanol–water partition coefficient (Wildman–Crippen LogP) is 6.14. The fourth-order valence-electron chi connectivity index (χ4n) is 5.28. The molecule has 0 unspecified atom stereocenters. The van der Waals surface area contributed by atoms with Gasteiger partial charge >= 0.3 is 0 Å². The zero-order valence-electron chi connectivity index (χ0n) is 20.9. The maximum absolute atomic E-state index is 14.1. The number of carbonyl (C=O) groups excluding carboxylic acids is 2. The number of nitrogens with one attached hydrogen (secondary N) is 2. The van der Waals surface area contributed by atoms with E-state index in [0.717, 1.165) is 47.7 Å². The third-order valence-corrected chi connectivity index (χ3v) is 7.15. The Morgan fingerprint density at radius 2 is 1.75 bits per heavy atom. The topological polar surface area (TPSA) is 78.3 Å². The van der Waals surface area contributed by atoms with Crippen molar-refractivity contribution >= 4 is 28.4 Å². The first kappa shape index (κ1) is 23.9. The molecule has 0 saturated heterocycles. The summed E-state index contributed by atoms with van der Waals surface area (Å²) >= 11 is 0. The normalized spacial score (nSPS) is 15.1. The van der Waals surface area contributed by atoms with E-state index in [1.54, 1.807) is 4.90 Å². The number of nitrogens with zero attached hydrogens (tertiary/aromatic N) is 1. The minimum atomic E-state index is -0.903. The van der Waals surface area contributed by atoms with Crippen LogP contribution >= 0.6 is 0 Å². The predicted molar refractivity (Wildman–Crippen MR) is 142 cm³/mol. The molecule has 6 nitrogen and oxygen atoms in total. The van der Waals surface area contributed by atoms with Crippen molar-refractivity contribution in [2.24, 2.45) is 0 Å². The Kier molecular flexibility index (Phi) is 6.94. The van der Waals surface area contributed by atoms with Crippen LogP contribution in [0, 0.1) is 13.8 Å².